The van der Waals surface area contributed by atoms with Crippen LogP contribution in [0, 0.1) is 12.8 Å². The van der Waals surface area contributed by atoms with E-state index < -0.39 is 0 Å². The van der Waals surface area contributed by atoms with Crippen LogP contribution in [-0.4, -0.2) is 13.2 Å². The average molecular weight is 269 g/mol. The summed E-state index contributed by atoms with van der Waals surface area (Å²) in [5.74, 6) is 0.887. The molecule has 0 bridgehead atoms. The number of hydrogen-bond acceptors (Lipinski definition) is 1. The van der Waals surface area contributed by atoms with Crippen LogP contribution in [0.1, 0.15) is 90.9 Å². The minimum Gasteiger partial charge on any atom is -0.381 e. The van der Waals surface area contributed by atoms with Crippen LogP contribution in [0.4, 0.5) is 0 Å². The second-order valence-electron chi connectivity index (χ2n) is 6.18. The van der Waals surface area contributed by atoms with E-state index >= 15 is 0 Å². The molecule has 0 heterocycles. The summed E-state index contributed by atoms with van der Waals surface area (Å²) < 4.78 is 5.42. The minimum absolute atomic E-state index is 0.830. The number of rotatable bonds is 15. The highest BCUT2D eigenvalue weighted by Crippen LogP contribution is 2.13. The van der Waals surface area contributed by atoms with Crippen molar-refractivity contribution in [2.24, 2.45) is 5.92 Å². The van der Waals surface area contributed by atoms with Gasteiger partial charge in [-0.2, -0.15) is 0 Å². The van der Waals surface area contributed by atoms with Gasteiger partial charge in [-0.3, -0.25) is 0 Å². The lowest BCUT2D eigenvalue weighted by molar-refractivity contribution is 0.134. The molecular weight excluding hydrogens is 232 g/mol. The van der Waals surface area contributed by atoms with Crippen LogP contribution in [0.2, 0.25) is 0 Å². The molecule has 0 aromatic carbocycles. The highest BCUT2D eigenvalue weighted by Gasteiger charge is 1.95. The lowest BCUT2D eigenvalue weighted by Gasteiger charge is -2.05. The van der Waals surface area contributed by atoms with Crippen LogP contribution in [0.25, 0.3) is 0 Å². The zero-order valence-corrected chi connectivity index (χ0v) is 13.6. The fourth-order valence-corrected chi connectivity index (χ4v) is 2.38. The van der Waals surface area contributed by atoms with E-state index in [2.05, 4.69) is 20.8 Å². The van der Waals surface area contributed by atoms with Gasteiger partial charge in [0.15, 0.2) is 0 Å². The van der Waals surface area contributed by atoms with E-state index in [0.717, 1.165) is 25.6 Å². The third-order valence-corrected chi connectivity index (χ3v) is 3.61. The summed E-state index contributed by atoms with van der Waals surface area (Å²) >= 11 is 0. The van der Waals surface area contributed by atoms with Gasteiger partial charge in [0.25, 0.3) is 0 Å². The summed E-state index contributed by atoms with van der Waals surface area (Å²) in [5.41, 5.74) is 0. The molecule has 0 aromatic heterocycles. The summed E-state index contributed by atoms with van der Waals surface area (Å²) in [6, 6.07) is 0. The first-order valence-electron chi connectivity index (χ1n) is 8.64. The Bertz CT molecular complexity index is 154. The normalized spacial score (nSPS) is 11.4. The molecule has 0 N–H and O–H groups in total. The van der Waals surface area contributed by atoms with Gasteiger partial charge in [0.2, 0.25) is 0 Å². The molecule has 1 nitrogen and oxygen atoms in total. The Morgan fingerprint density at radius 2 is 1.16 bits per heavy atom. The van der Waals surface area contributed by atoms with E-state index in [1.807, 2.05) is 0 Å². The summed E-state index contributed by atoms with van der Waals surface area (Å²) in [7, 11) is 0. The zero-order valence-electron chi connectivity index (χ0n) is 13.6. The average Bonchev–Trinajstić information content (AvgIpc) is 2.39. The van der Waals surface area contributed by atoms with Crippen molar-refractivity contribution in [2.75, 3.05) is 13.2 Å². The molecule has 0 aliphatic rings. The third-order valence-electron chi connectivity index (χ3n) is 3.61. The fraction of sp³-hybridized carbons (Fsp3) is 0.944. The molecule has 1 radical (unpaired) electrons. The molecule has 1 heteroatoms. The Morgan fingerprint density at radius 1 is 0.684 bits per heavy atom. The SMILES string of the molecule is [CH2]CCOCCCCCCCCCCCCC(C)C. The predicted octanol–water partition coefficient (Wildman–Crippen LogP) is 6.17. The number of unbranched alkanes of at least 4 members (excludes halogenated alkanes) is 9. The largest absolute Gasteiger partial charge is 0.381 e. The van der Waals surface area contributed by atoms with E-state index in [-0.39, 0.29) is 0 Å². The predicted molar refractivity (Wildman–Crippen MR) is 86.4 cm³/mol. The molecule has 0 rings (SSSR count). The van der Waals surface area contributed by atoms with E-state index in [4.69, 9.17) is 4.74 Å². The van der Waals surface area contributed by atoms with Crippen molar-refractivity contribution in [2.45, 2.75) is 90.9 Å². The Kier molecular flexibility index (Phi) is 16.0. The molecule has 115 valence electrons. The molecule has 0 aromatic rings. The summed E-state index contributed by atoms with van der Waals surface area (Å²) in [6.07, 6.45) is 16.4. The van der Waals surface area contributed by atoms with Gasteiger partial charge in [0.05, 0.1) is 0 Å². The third kappa shape index (κ3) is 18.0. The van der Waals surface area contributed by atoms with Gasteiger partial charge in [-0.05, 0) is 18.8 Å². The molecule has 0 atom stereocenters. The van der Waals surface area contributed by atoms with Crippen molar-refractivity contribution in [1.29, 1.82) is 0 Å². The molecule has 0 saturated carbocycles. The van der Waals surface area contributed by atoms with Gasteiger partial charge in [0.1, 0.15) is 0 Å². The van der Waals surface area contributed by atoms with Crippen LogP contribution in [0.15, 0.2) is 0 Å². The number of hydrogen-bond donors (Lipinski definition) is 0. The Hall–Kier alpha value is -0.0400. The van der Waals surface area contributed by atoms with Crippen LogP contribution >= 0.6 is 0 Å². The summed E-state index contributed by atoms with van der Waals surface area (Å²) in [4.78, 5) is 0. The Labute approximate surface area is 122 Å². The van der Waals surface area contributed by atoms with Crippen LogP contribution < -0.4 is 0 Å². The molecule has 19 heavy (non-hydrogen) atoms. The molecule has 0 amide bonds. The summed E-state index contributed by atoms with van der Waals surface area (Å²) in [6.45, 7) is 10.2. The lowest BCUT2D eigenvalue weighted by Crippen LogP contribution is -1.95. The van der Waals surface area contributed by atoms with E-state index in [1.54, 1.807) is 0 Å². The van der Waals surface area contributed by atoms with Crippen molar-refractivity contribution >= 4 is 0 Å². The van der Waals surface area contributed by atoms with Crippen molar-refractivity contribution in [3.05, 3.63) is 6.92 Å². The number of ether oxygens (including phenoxy) is 1. The van der Waals surface area contributed by atoms with E-state index in [9.17, 15) is 0 Å². The first-order chi connectivity index (χ1) is 9.27. The van der Waals surface area contributed by atoms with Crippen LogP contribution in [0.3, 0.4) is 0 Å². The Morgan fingerprint density at radius 3 is 1.63 bits per heavy atom. The molecule has 0 unspecified atom stereocenters. The van der Waals surface area contributed by atoms with Crippen molar-refractivity contribution in [3.8, 4) is 0 Å². The standard InChI is InChI=1S/C18H37O/c1-4-16-19-17-14-12-10-8-6-5-7-9-11-13-15-18(2)3/h18H,1,4-17H2,2-3H3. The minimum atomic E-state index is 0.830. The smallest absolute Gasteiger partial charge is 0.0466 e. The van der Waals surface area contributed by atoms with Crippen molar-refractivity contribution < 1.29 is 4.74 Å². The molecule has 0 saturated heterocycles. The maximum absolute atomic E-state index is 5.42. The quantitative estimate of drug-likeness (QED) is 0.323. The van der Waals surface area contributed by atoms with Gasteiger partial charge in [0, 0.05) is 13.2 Å². The van der Waals surface area contributed by atoms with Crippen molar-refractivity contribution in [1.82, 2.24) is 0 Å². The van der Waals surface area contributed by atoms with Crippen molar-refractivity contribution in [3.63, 3.8) is 0 Å². The first kappa shape index (κ1) is 19.0. The Balaban J connectivity index is 2.91. The van der Waals surface area contributed by atoms with Gasteiger partial charge in [-0.15, -0.1) is 0 Å². The highest BCUT2D eigenvalue weighted by atomic mass is 16.5. The molecular formula is C18H37O. The molecule has 0 aliphatic carbocycles. The second-order valence-corrected chi connectivity index (χ2v) is 6.18. The maximum Gasteiger partial charge on any atom is 0.0466 e. The van der Waals surface area contributed by atoms with E-state index in [1.165, 1.54) is 70.6 Å². The second kappa shape index (κ2) is 16.0. The van der Waals surface area contributed by atoms with Gasteiger partial charge >= 0.3 is 0 Å². The zero-order chi connectivity index (χ0) is 14.2. The maximum atomic E-state index is 5.42. The van der Waals surface area contributed by atoms with Gasteiger partial charge in [-0.25, -0.2) is 0 Å². The van der Waals surface area contributed by atoms with Crippen LogP contribution in [0.5, 0.6) is 0 Å². The van der Waals surface area contributed by atoms with Gasteiger partial charge < -0.3 is 4.74 Å². The lowest BCUT2D eigenvalue weighted by atomic mass is 10.0. The fourth-order valence-electron chi connectivity index (χ4n) is 2.38. The van der Waals surface area contributed by atoms with Gasteiger partial charge in [-0.1, -0.05) is 85.0 Å². The summed E-state index contributed by atoms with van der Waals surface area (Å²) in [5, 5.41) is 0. The van der Waals surface area contributed by atoms with E-state index in [0.29, 0.717) is 0 Å². The molecule has 0 fully saturated rings. The molecule has 0 aliphatic heterocycles. The molecule has 0 spiro atoms. The monoisotopic (exact) mass is 269 g/mol. The first-order valence-corrected chi connectivity index (χ1v) is 8.64. The van der Waals surface area contributed by atoms with Crippen LogP contribution in [-0.2, 0) is 4.74 Å². The highest BCUT2D eigenvalue weighted by molar-refractivity contribution is 4.50. The topological polar surface area (TPSA) is 9.23 Å².